The number of hydrogen-bond acceptors (Lipinski definition) is 4. The van der Waals surface area contributed by atoms with Crippen molar-refractivity contribution in [2.75, 3.05) is 13.1 Å². The second-order valence-electron chi connectivity index (χ2n) is 4.06. The number of primary amides is 1. The SMILES string of the molecule is NC(=O)C1CCN(C(=O)c2ccncn2)CC1. The van der Waals surface area contributed by atoms with Crippen LogP contribution in [0.3, 0.4) is 0 Å². The van der Waals surface area contributed by atoms with E-state index in [0.717, 1.165) is 0 Å². The first-order valence-electron chi connectivity index (χ1n) is 5.53. The van der Waals surface area contributed by atoms with Crippen molar-refractivity contribution in [3.8, 4) is 0 Å². The Morgan fingerprint density at radius 2 is 2.06 bits per heavy atom. The van der Waals surface area contributed by atoms with E-state index in [4.69, 9.17) is 5.73 Å². The summed E-state index contributed by atoms with van der Waals surface area (Å²) in [6.45, 7) is 1.10. The smallest absolute Gasteiger partial charge is 0.272 e. The predicted molar refractivity (Wildman–Crippen MR) is 59.9 cm³/mol. The molecule has 1 aliphatic heterocycles. The molecule has 0 bridgehead atoms. The maximum atomic E-state index is 12.0. The summed E-state index contributed by atoms with van der Waals surface area (Å²) >= 11 is 0. The third kappa shape index (κ3) is 2.58. The first-order valence-corrected chi connectivity index (χ1v) is 5.53. The second kappa shape index (κ2) is 4.90. The van der Waals surface area contributed by atoms with Crippen LogP contribution in [0.5, 0.6) is 0 Å². The van der Waals surface area contributed by atoms with Crippen molar-refractivity contribution in [2.24, 2.45) is 11.7 Å². The number of nitrogens with zero attached hydrogens (tertiary/aromatic N) is 3. The molecule has 2 heterocycles. The Balaban J connectivity index is 1.98. The van der Waals surface area contributed by atoms with Crippen LogP contribution in [0.15, 0.2) is 18.6 Å². The number of aromatic nitrogens is 2. The van der Waals surface area contributed by atoms with Crippen LogP contribution in [-0.2, 0) is 4.79 Å². The molecule has 1 aliphatic rings. The van der Waals surface area contributed by atoms with Gasteiger partial charge in [-0.05, 0) is 18.9 Å². The minimum atomic E-state index is -0.279. The number of piperidine rings is 1. The average molecular weight is 234 g/mol. The van der Waals surface area contributed by atoms with Crippen LogP contribution in [-0.4, -0.2) is 39.8 Å². The molecule has 1 saturated heterocycles. The zero-order valence-corrected chi connectivity index (χ0v) is 9.37. The minimum absolute atomic E-state index is 0.107. The van der Waals surface area contributed by atoms with Crippen LogP contribution in [0.2, 0.25) is 0 Å². The van der Waals surface area contributed by atoms with Gasteiger partial charge in [0.05, 0.1) is 0 Å². The van der Waals surface area contributed by atoms with Crippen LogP contribution in [0.4, 0.5) is 0 Å². The summed E-state index contributed by atoms with van der Waals surface area (Å²) in [5.74, 6) is -0.501. The van der Waals surface area contributed by atoms with Crippen molar-refractivity contribution < 1.29 is 9.59 Å². The lowest BCUT2D eigenvalue weighted by atomic mass is 9.96. The number of likely N-dealkylation sites (tertiary alicyclic amines) is 1. The van der Waals surface area contributed by atoms with Crippen LogP contribution >= 0.6 is 0 Å². The van der Waals surface area contributed by atoms with E-state index in [2.05, 4.69) is 9.97 Å². The van der Waals surface area contributed by atoms with Crippen molar-refractivity contribution in [2.45, 2.75) is 12.8 Å². The van der Waals surface area contributed by atoms with E-state index in [0.29, 0.717) is 31.6 Å². The molecule has 6 nitrogen and oxygen atoms in total. The molecule has 0 saturated carbocycles. The highest BCUT2D eigenvalue weighted by molar-refractivity contribution is 5.92. The molecule has 2 rings (SSSR count). The van der Waals surface area contributed by atoms with Gasteiger partial charge in [-0.25, -0.2) is 9.97 Å². The summed E-state index contributed by atoms with van der Waals surface area (Å²) in [6, 6.07) is 1.59. The van der Waals surface area contributed by atoms with Gasteiger partial charge in [0.15, 0.2) is 0 Å². The van der Waals surface area contributed by atoms with E-state index < -0.39 is 0 Å². The highest BCUT2D eigenvalue weighted by Gasteiger charge is 2.26. The molecule has 1 aromatic rings. The molecule has 2 amide bonds. The second-order valence-corrected chi connectivity index (χ2v) is 4.06. The van der Waals surface area contributed by atoms with Gasteiger partial charge in [0, 0.05) is 25.2 Å². The quantitative estimate of drug-likeness (QED) is 0.768. The third-order valence-corrected chi connectivity index (χ3v) is 2.99. The summed E-state index contributed by atoms with van der Waals surface area (Å²) in [6.07, 6.45) is 4.15. The Bertz CT molecular complexity index is 413. The molecule has 90 valence electrons. The van der Waals surface area contributed by atoms with E-state index in [1.54, 1.807) is 11.0 Å². The molecule has 0 aromatic carbocycles. The van der Waals surface area contributed by atoms with E-state index in [1.807, 2.05) is 0 Å². The summed E-state index contributed by atoms with van der Waals surface area (Å²) in [7, 11) is 0. The lowest BCUT2D eigenvalue weighted by molar-refractivity contribution is -0.123. The molecule has 1 fully saturated rings. The molecular formula is C11H14N4O2. The van der Waals surface area contributed by atoms with Crippen molar-refractivity contribution in [1.29, 1.82) is 0 Å². The minimum Gasteiger partial charge on any atom is -0.369 e. The molecule has 0 aliphatic carbocycles. The summed E-state index contributed by atoms with van der Waals surface area (Å²) in [4.78, 5) is 32.4. The number of carbonyl (C=O) groups excluding carboxylic acids is 2. The van der Waals surface area contributed by atoms with Crippen molar-refractivity contribution in [3.63, 3.8) is 0 Å². The van der Waals surface area contributed by atoms with E-state index in [-0.39, 0.29) is 17.7 Å². The van der Waals surface area contributed by atoms with Gasteiger partial charge in [0.2, 0.25) is 5.91 Å². The fourth-order valence-electron chi connectivity index (χ4n) is 1.95. The van der Waals surface area contributed by atoms with Gasteiger partial charge in [0.25, 0.3) is 5.91 Å². The number of hydrogen-bond donors (Lipinski definition) is 1. The van der Waals surface area contributed by atoms with E-state index in [9.17, 15) is 9.59 Å². The molecule has 6 heteroatoms. The lowest BCUT2D eigenvalue weighted by Gasteiger charge is -2.30. The maximum absolute atomic E-state index is 12.0. The summed E-state index contributed by atoms with van der Waals surface area (Å²) in [5, 5.41) is 0. The fourth-order valence-corrected chi connectivity index (χ4v) is 1.95. The van der Waals surface area contributed by atoms with Crippen molar-refractivity contribution in [3.05, 3.63) is 24.3 Å². The van der Waals surface area contributed by atoms with Crippen LogP contribution in [0.1, 0.15) is 23.3 Å². The molecule has 1 aromatic heterocycles. The van der Waals surface area contributed by atoms with Gasteiger partial charge in [-0.1, -0.05) is 0 Å². The average Bonchev–Trinajstić information content (AvgIpc) is 2.39. The number of carbonyl (C=O) groups is 2. The highest BCUT2D eigenvalue weighted by atomic mass is 16.2. The van der Waals surface area contributed by atoms with Crippen molar-refractivity contribution in [1.82, 2.24) is 14.9 Å². The first-order chi connectivity index (χ1) is 8.18. The summed E-state index contributed by atoms with van der Waals surface area (Å²) in [5.41, 5.74) is 5.62. The van der Waals surface area contributed by atoms with Crippen LogP contribution < -0.4 is 5.73 Å². The predicted octanol–water partition coefficient (Wildman–Crippen LogP) is -0.186. The molecule has 17 heavy (non-hydrogen) atoms. The van der Waals surface area contributed by atoms with Crippen molar-refractivity contribution >= 4 is 11.8 Å². The Hall–Kier alpha value is -1.98. The first kappa shape index (κ1) is 11.5. The lowest BCUT2D eigenvalue weighted by Crippen LogP contribution is -2.42. The molecule has 2 N–H and O–H groups in total. The molecule has 0 radical (unpaired) electrons. The normalized spacial score (nSPS) is 16.8. The highest BCUT2D eigenvalue weighted by Crippen LogP contribution is 2.17. The van der Waals surface area contributed by atoms with Gasteiger partial charge in [-0.2, -0.15) is 0 Å². The van der Waals surface area contributed by atoms with Gasteiger partial charge in [0.1, 0.15) is 12.0 Å². The largest absolute Gasteiger partial charge is 0.369 e. The van der Waals surface area contributed by atoms with Gasteiger partial charge in [-0.3, -0.25) is 9.59 Å². The van der Waals surface area contributed by atoms with E-state index in [1.165, 1.54) is 12.5 Å². The Kier molecular flexibility index (Phi) is 3.32. The zero-order chi connectivity index (χ0) is 12.3. The summed E-state index contributed by atoms with van der Waals surface area (Å²) < 4.78 is 0. The molecule has 0 atom stereocenters. The number of nitrogens with two attached hydrogens (primary N) is 1. The number of rotatable bonds is 2. The molecular weight excluding hydrogens is 220 g/mol. The maximum Gasteiger partial charge on any atom is 0.272 e. The Morgan fingerprint density at radius 1 is 1.35 bits per heavy atom. The Labute approximate surface area is 98.8 Å². The zero-order valence-electron chi connectivity index (χ0n) is 9.37. The van der Waals surface area contributed by atoms with Gasteiger partial charge >= 0.3 is 0 Å². The fraction of sp³-hybridized carbons (Fsp3) is 0.455. The number of amides is 2. The molecule has 0 unspecified atom stereocenters. The molecule has 0 spiro atoms. The third-order valence-electron chi connectivity index (χ3n) is 2.99. The Morgan fingerprint density at radius 3 is 2.59 bits per heavy atom. The van der Waals surface area contributed by atoms with Crippen LogP contribution in [0, 0.1) is 5.92 Å². The van der Waals surface area contributed by atoms with Gasteiger partial charge < -0.3 is 10.6 Å². The van der Waals surface area contributed by atoms with E-state index >= 15 is 0 Å². The standard InChI is InChI=1S/C11H14N4O2/c12-10(16)8-2-5-15(6-3-8)11(17)9-1-4-13-7-14-9/h1,4,7-8H,2-3,5-6H2,(H2,12,16). The van der Waals surface area contributed by atoms with Crippen LogP contribution in [0.25, 0.3) is 0 Å². The topological polar surface area (TPSA) is 89.2 Å². The monoisotopic (exact) mass is 234 g/mol. The van der Waals surface area contributed by atoms with Gasteiger partial charge in [-0.15, -0.1) is 0 Å².